The van der Waals surface area contributed by atoms with E-state index in [4.69, 9.17) is 10.5 Å². The smallest absolute Gasteiger partial charge is 0.141 e. The Kier molecular flexibility index (Phi) is 4.00. The van der Waals surface area contributed by atoms with E-state index in [9.17, 15) is 0 Å². The Hall–Kier alpha value is -1.22. The quantitative estimate of drug-likeness (QED) is 0.621. The molecule has 0 saturated heterocycles. The van der Waals surface area contributed by atoms with Crippen molar-refractivity contribution < 1.29 is 4.74 Å². The number of aryl methyl sites for hydroxylation is 1. The van der Waals surface area contributed by atoms with E-state index in [0.29, 0.717) is 5.54 Å². The van der Waals surface area contributed by atoms with Crippen molar-refractivity contribution in [3.8, 4) is 5.75 Å². The lowest BCUT2D eigenvalue weighted by Gasteiger charge is -2.57. The molecule has 4 aliphatic carbocycles. The molecule has 1 aromatic carbocycles. The Morgan fingerprint density at radius 3 is 2.35 bits per heavy atom. The Labute approximate surface area is 140 Å². The predicted octanol–water partition coefficient (Wildman–Crippen LogP) is 3.77. The molecule has 4 fully saturated rings. The molecule has 4 aliphatic rings. The zero-order valence-corrected chi connectivity index (χ0v) is 14.3. The van der Waals surface area contributed by atoms with Crippen LogP contribution in [0.15, 0.2) is 18.2 Å². The molecule has 23 heavy (non-hydrogen) atoms. The summed E-state index contributed by atoms with van der Waals surface area (Å²) in [5.74, 6) is 3.85. The molecule has 0 aliphatic heterocycles. The third kappa shape index (κ3) is 3.08. The number of nitrogens with two attached hydrogens (primary N) is 1. The van der Waals surface area contributed by atoms with Crippen molar-refractivity contribution in [1.29, 1.82) is 0 Å². The number of rotatable bonds is 6. The van der Waals surface area contributed by atoms with Crippen LogP contribution < -0.4 is 15.8 Å². The van der Waals surface area contributed by atoms with Gasteiger partial charge in [0, 0.05) is 5.54 Å². The first kappa shape index (κ1) is 15.3. The average Bonchev–Trinajstić information content (AvgIpc) is 2.50. The fourth-order valence-electron chi connectivity index (χ4n) is 5.91. The van der Waals surface area contributed by atoms with Crippen LogP contribution in [-0.2, 0) is 6.42 Å². The molecule has 5 rings (SSSR count). The van der Waals surface area contributed by atoms with Crippen LogP contribution in [0.3, 0.4) is 0 Å². The molecule has 4 saturated carbocycles. The van der Waals surface area contributed by atoms with Gasteiger partial charge in [0.2, 0.25) is 0 Å². The van der Waals surface area contributed by atoms with Crippen molar-refractivity contribution in [3.05, 3.63) is 23.8 Å². The lowest BCUT2D eigenvalue weighted by molar-refractivity contribution is -0.0195. The summed E-state index contributed by atoms with van der Waals surface area (Å²) < 4.78 is 5.23. The summed E-state index contributed by atoms with van der Waals surface area (Å²) in [6, 6.07) is 6.18. The molecule has 0 spiro atoms. The number of benzene rings is 1. The molecule has 0 unspecified atom stereocenters. The van der Waals surface area contributed by atoms with Crippen molar-refractivity contribution in [2.45, 2.75) is 56.9 Å². The normalized spacial score (nSPS) is 34.7. The number of hydrogen-bond donors (Lipinski definition) is 2. The van der Waals surface area contributed by atoms with Crippen LogP contribution >= 0.6 is 0 Å². The van der Waals surface area contributed by atoms with Gasteiger partial charge >= 0.3 is 0 Å². The Morgan fingerprint density at radius 2 is 1.78 bits per heavy atom. The van der Waals surface area contributed by atoms with Crippen molar-refractivity contribution in [3.63, 3.8) is 0 Å². The lowest BCUT2D eigenvalue weighted by Crippen LogP contribution is -2.58. The van der Waals surface area contributed by atoms with E-state index in [-0.39, 0.29) is 0 Å². The maximum absolute atomic E-state index is 6.00. The van der Waals surface area contributed by atoms with Gasteiger partial charge in [0.15, 0.2) is 0 Å². The molecule has 1 aromatic rings. The number of methoxy groups -OCH3 is 1. The highest BCUT2D eigenvalue weighted by atomic mass is 16.5. The first-order valence-electron chi connectivity index (χ1n) is 9.33. The molecule has 0 radical (unpaired) electrons. The summed E-state index contributed by atoms with van der Waals surface area (Å²) in [4.78, 5) is 0. The van der Waals surface area contributed by atoms with E-state index in [1.165, 1.54) is 50.5 Å². The topological polar surface area (TPSA) is 47.3 Å². The van der Waals surface area contributed by atoms with Gasteiger partial charge in [-0.25, -0.2) is 0 Å². The Morgan fingerprint density at radius 1 is 1.13 bits per heavy atom. The molecule has 126 valence electrons. The molecular formula is C20H30N2O. The largest absolute Gasteiger partial charge is 0.495 e. The van der Waals surface area contributed by atoms with Crippen LogP contribution in [0.4, 0.5) is 5.69 Å². The number of hydrogen-bond acceptors (Lipinski definition) is 3. The van der Waals surface area contributed by atoms with Gasteiger partial charge in [0.25, 0.3) is 0 Å². The number of ether oxygens (including phenoxy) is 1. The van der Waals surface area contributed by atoms with Gasteiger partial charge in [-0.3, -0.25) is 0 Å². The maximum atomic E-state index is 6.00. The van der Waals surface area contributed by atoms with E-state index in [1.54, 1.807) is 7.11 Å². The third-order valence-electron chi connectivity index (χ3n) is 6.47. The highest BCUT2D eigenvalue weighted by Gasteiger charge is 2.50. The number of nitrogen functional groups attached to an aromatic ring is 1. The second-order valence-corrected chi connectivity index (χ2v) is 8.30. The van der Waals surface area contributed by atoms with Gasteiger partial charge in [-0.1, -0.05) is 6.07 Å². The fourth-order valence-corrected chi connectivity index (χ4v) is 5.91. The second-order valence-electron chi connectivity index (χ2n) is 8.30. The monoisotopic (exact) mass is 314 g/mol. The molecule has 3 N–H and O–H groups in total. The Bertz CT molecular complexity index is 533. The first-order valence-corrected chi connectivity index (χ1v) is 9.33. The zero-order chi connectivity index (χ0) is 15.9. The highest BCUT2D eigenvalue weighted by molar-refractivity contribution is 5.54. The molecule has 0 amide bonds. The minimum Gasteiger partial charge on any atom is -0.495 e. The molecule has 3 heteroatoms. The summed E-state index contributed by atoms with van der Waals surface area (Å²) in [7, 11) is 1.67. The number of anilines is 1. The number of nitrogens with one attached hydrogen (secondary N) is 1. The summed E-state index contributed by atoms with van der Waals surface area (Å²) in [5.41, 5.74) is 8.56. The highest BCUT2D eigenvalue weighted by Crippen LogP contribution is 2.55. The second kappa shape index (κ2) is 6.01. The van der Waals surface area contributed by atoms with Crippen LogP contribution in [0.25, 0.3) is 0 Å². The van der Waals surface area contributed by atoms with Gasteiger partial charge in [0.1, 0.15) is 5.75 Å². The van der Waals surface area contributed by atoms with E-state index >= 15 is 0 Å². The van der Waals surface area contributed by atoms with Crippen LogP contribution in [0.2, 0.25) is 0 Å². The minimum atomic E-state index is 0.494. The standard InChI is InChI=1S/C20H30N2O/c1-23-19-5-4-14(10-18(19)21)3-2-6-22-20-11-15-7-16(12-20)9-17(8-15)13-20/h4-5,10,15-17,22H,2-3,6-9,11-13,21H2,1H3. The molecule has 3 nitrogen and oxygen atoms in total. The molecule has 4 bridgehead atoms. The van der Waals surface area contributed by atoms with Crippen LogP contribution in [0.5, 0.6) is 5.75 Å². The van der Waals surface area contributed by atoms with Gasteiger partial charge in [-0.15, -0.1) is 0 Å². The van der Waals surface area contributed by atoms with Gasteiger partial charge in [-0.05, 0) is 93.4 Å². The van der Waals surface area contributed by atoms with E-state index < -0.39 is 0 Å². The average molecular weight is 314 g/mol. The van der Waals surface area contributed by atoms with E-state index in [1.807, 2.05) is 6.07 Å². The van der Waals surface area contributed by atoms with Gasteiger partial charge < -0.3 is 15.8 Å². The minimum absolute atomic E-state index is 0.494. The van der Waals surface area contributed by atoms with Crippen LogP contribution in [0.1, 0.15) is 50.5 Å². The first-order chi connectivity index (χ1) is 11.2. The molecule has 0 heterocycles. The van der Waals surface area contributed by atoms with Crippen molar-refractivity contribution in [2.24, 2.45) is 17.8 Å². The van der Waals surface area contributed by atoms with Crippen LogP contribution in [0, 0.1) is 17.8 Å². The zero-order valence-electron chi connectivity index (χ0n) is 14.3. The SMILES string of the molecule is COc1ccc(CCCNC23CC4CC(CC(C4)C2)C3)cc1N. The maximum Gasteiger partial charge on any atom is 0.141 e. The summed E-state index contributed by atoms with van der Waals surface area (Å²) >= 11 is 0. The Balaban J connectivity index is 1.28. The molecule has 0 aromatic heterocycles. The van der Waals surface area contributed by atoms with Crippen molar-refractivity contribution in [2.75, 3.05) is 19.4 Å². The van der Waals surface area contributed by atoms with Gasteiger partial charge in [0.05, 0.1) is 12.8 Å². The predicted molar refractivity (Wildman–Crippen MR) is 94.6 cm³/mol. The van der Waals surface area contributed by atoms with Crippen molar-refractivity contribution >= 4 is 5.69 Å². The van der Waals surface area contributed by atoms with Crippen LogP contribution in [-0.4, -0.2) is 19.2 Å². The van der Waals surface area contributed by atoms with E-state index in [0.717, 1.165) is 42.2 Å². The summed E-state index contributed by atoms with van der Waals surface area (Å²) in [5, 5.41) is 3.98. The summed E-state index contributed by atoms with van der Waals surface area (Å²) in [6.07, 6.45) is 11.2. The van der Waals surface area contributed by atoms with Crippen molar-refractivity contribution in [1.82, 2.24) is 5.32 Å². The third-order valence-corrected chi connectivity index (χ3v) is 6.47. The summed E-state index contributed by atoms with van der Waals surface area (Å²) in [6.45, 7) is 1.14. The van der Waals surface area contributed by atoms with Gasteiger partial charge in [-0.2, -0.15) is 0 Å². The fraction of sp³-hybridized carbons (Fsp3) is 0.700. The molecule has 0 atom stereocenters. The molecular weight excluding hydrogens is 284 g/mol. The lowest BCUT2D eigenvalue weighted by atomic mass is 9.53. The van der Waals surface area contributed by atoms with E-state index in [2.05, 4.69) is 17.4 Å².